The van der Waals surface area contributed by atoms with Crippen LogP contribution in [0.5, 0.6) is 11.5 Å². The van der Waals surface area contributed by atoms with Gasteiger partial charge in [0.05, 0.1) is 13.2 Å². The highest BCUT2D eigenvalue weighted by atomic mass is 32.1. The maximum absolute atomic E-state index is 6.61. The Morgan fingerprint density at radius 2 is 1.31 bits per heavy atom. The average molecular weight is 517 g/mol. The lowest BCUT2D eigenvalue weighted by Crippen LogP contribution is -2.11. The molecular weight excluding hydrogens is 480 g/mol. The molecule has 0 saturated carbocycles. The number of rotatable bonds is 9. The fourth-order valence-electron chi connectivity index (χ4n) is 4.86. The van der Waals surface area contributed by atoms with Gasteiger partial charge in [0.15, 0.2) is 0 Å². The largest absolute Gasteiger partial charge is 0.492 e. The first kappa shape index (κ1) is 25.1. The Morgan fingerprint density at radius 1 is 0.778 bits per heavy atom. The first-order valence-electron chi connectivity index (χ1n) is 13.0. The molecule has 2 heterocycles. The number of fused-ring (bicyclic) bond motifs is 2. The number of ether oxygens (including phenoxy) is 2. The molecule has 2 aliphatic carbocycles. The Hall–Kier alpha value is -2.56. The molecule has 1 aromatic carbocycles. The zero-order chi connectivity index (χ0) is 25.4. The van der Waals surface area contributed by atoms with E-state index in [-0.39, 0.29) is 0 Å². The van der Waals surface area contributed by atoms with Crippen molar-refractivity contribution in [2.24, 2.45) is 11.8 Å². The van der Waals surface area contributed by atoms with Gasteiger partial charge in [-0.1, -0.05) is 33.8 Å². The molecule has 4 heteroatoms. The van der Waals surface area contributed by atoms with Crippen LogP contribution in [-0.4, -0.2) is 13.2 Å². The summed E-state index contributed by atoms with van der Waals surface area (Å²) >= 11 is 3.72. The van der Waals surface area contributed by atoms with Crippen molar-refractivity contribution in [1.82, 2.24) is 0 Å². The highest BCUT2D eigenvalue weighted by Gasteiger charge is 2.32. The molecule has 2 nitrogen and oxygen atoms in total. The van der Waals surface area contributed by atoms with Crippen LogP contribution >= 0.6 is 22.7 Å². The Kier molecular flexibility index (Phi) is 7.28. The third-order valence-electron chi connectivity index (χ3n) is 6.51. The molecule has 0 saturated heterocycles. The van der Waals surface area contributed by atoms with Crippen molar-refractivity contribution in [1.29, 1.82) is 0 Å². The summed E-state index contributed by atoms with van der Waals surface area (Å²) in [6, 6.07) is 8.94. The van der Waals surface area contributed by atoms with Gasteiger partial charge in [-0.15, -0.1) is 22.7 Å². The minimum absolute atomic E-state index is 0.465. The minimum Gasteiger partial charge on any atom is -0.492 e. The molecule has 0 N–H and O–H groups in total. The van der Waals surface area contributed by atoms with Crippen molar-refractivity contribution in [3.8, 4) is 11.5 Å². The molecule has 3 aromatic rings. The van der Waals surface area contributed by atoms with Crippen LogP contribution in [0.1, 0.15) is 76.4 Å². The van der Waals surface area contributed by atoms with Crippen LogP contribution in [0, 0.1) is 18.8 Å². The van der Waals surface area contributed by atoms with Gasteiger partial charge in [-0.05, 0) is 79.3 Å². The summed E-state index contributed by atoms with van der Waals surface area (Å²) in [6.45, 7) is 14.5. The van der Waals surface area contributed by atoms with Crippen molar-refractivity contribution >= 4 is 52.0 Å². The molecule has 0 aliphatic heterocycles. The van der Waals surface area contributed by atoms with E-state index >= 15 is 0 Å². The number of allylic oxidation sites excluding steroid dienone is 3. The zero-order valence-corrected chi connectivity index (χ0v) is 23.9. The van der Waals surface area contributed by atoms with Gasteiger partial charge in [0.1, 0.15) is 11.5 Å². The van der Waals surface area contributed by atoms with Crippen LogP contribution in [-0.2, 0) is 12.8 Å². The van der Waals surface area contributed by atoms with E-state index in [9.17, 15) is 0 Å². The molecule has 36 heavy (non-hydrogen) atoms. The van der Waals surface area contributed by atoms with Gasteiger partial charge in [0.2, 0.25) is 0 Å². The van der Waals surface area contributed by atoms with Crippen LogP contribution in [0.15, 0.2) is 30.3 Å². The molecule has 0 radical (unpaired) electrons. The maximum atomic E-state index is 6.61. The smallest absolute Gasteiger partial charge is 0.131 e. The molecule has 0 atom stereocenters. The van der Waals surface area contributed by atoms with E-state index in [1.165, 1.54) is 52.9 Å². The summed E-state index contributed by atoms with van der Waals surface area (Å²) in [4.78, 5) is 5.31. The topological polar surface area (TPSA) is 18.5 Å². The van der Waals surface area contributed by atoms with E-state index in [0.717, 1.165) is 24.3 Å². The average Bonchev–Trinajstić information content (AvgIpc) is 3.61. The fraction of sp³-hybridized carbons (Fsp3) is 0.375. The van der Waals surface area contributed by atoms with Crippen LogP contribution in [0.25, 0.3) is 29.4 Å². The lowest BCUT2D eigenvalue weighted by molar-refractivity contribution is 0.260. The standard InChI is InChI=1S/C32H36O2S2/c1-7-8-24-10-12-30(36-24)23-15-27-28(16-23)32(34-18-20(4)5)26-14-22(29-11-9-21(6)35-29)13-25(26)31(27)33-17-19(2)3/h7-13,16,19-20H,14-15,17-18H2,1-6H3/b8-7+. The van der Waals surface area contributed by atoms with Gasteiger partial charge in [-0.3, -0.25) is 0 Å². The monoisotopic (exact) mass is 516 g/mol. The second-order valence-electron chi connectivity index (χ2n) is 10.7. The van der Waals surface area contributed by atoms with Gasteiger partial charge < -0.3 is 9.47 Å². The summed E-state index contributed by atoms with van der Waals surface area (Å²) in [5.41, 5.74) is 7.74. The third kappa shape index (κ3) is 4.99. The summed E-state index contributed by atoms with van der Waals surface area (Å²) in [5.74, 6) is 3.05. The van der Waals surface area contributed by atoms with Gasteiger partial charge in [0, 0.05) is 54.6 Å². The van der Waals surface area contributed by atoms with E-state index in [2.05, 4.69) is 90.1 Å². The second-order valence-corrected chi connectivity index (χ2v) is 13.1. The van der Waals surface area contributed by atoms with Crippen LogP contribution in [0.4, 0.5) is 0 Å². The molecule has 2 aromatic heterocycles. The third-order valence-corrected chi connectivity index (χ3v) is 8.71. The maximum Gasteiger partial charge on any atom is 0.131 e. The van der Waals surface area contributed by atoms with E-state index in [0.29, 0.717) is 25.0 Å². The predicted molar refractivity (Wildman–Crippen MR) is 158 cm³/mol. The number of benzene rings is 1. The molecule has 5 rings (SSSR count). The summed E-state index contributed by atoms with van der Waals surface area (Å²) < 4.78 is 13.2. The first-order valence-corrected chi connectivity index (χ1v) is 14.7. The van der Waals surface area contributed by atoms with Crippen LogP contribution < -0.4 is 9.47 Å². The molecular formula is C32H36O2S2. The summed E-state index contributed by atoms with van der Waals surface area (Å²) in [7, 11) is 0. The Bertz CT molecular complexity index is 1360. The van der Waals surface area contributed by atoms with Crippen molar-refractivity contribution in [3.05, 3.63) is 72.1 Å². The normalized spacial score (nSPS) is 14.6. The number of hydrogen-bond donors (Lipinski definition) is 0. The number of hydrogen-bond acceptors (Lipinski definition) is 4. The second kappa shape index (κ2) is 10.4. The van der Waals surface area contributed by atoms with Crippen molar-refractivity contribution in [2.45, 2.75) is 54.4 Å². The van der Waals surface area contributed by atoms with Crippen molar-refractivity contribution < 1.29 is 9.47 Å². The summed E-state index contributed by atoms with van der Waals surface area (Å²) in [6.07, 6.45) is 10.8. The number of thiophene rings is 2. The lowest BCUT2D eigenvalue weighted by Gasteiger charge is -2.21. The Balaban J connectivity index is 1.62. The molecule has 0 bridgehead atoms. The molecule has 188 valence electrons. The van der Waals surface area contributed by atoms with E-state index in [4.69, 9.17) is 9.47 Å². The lowest BCUT2D eigenvalue weighted by atomic mass is 9.97. The van der Waals surface area contributed by atoms with E-state index < -0.39 is 0 Å². The van der Waals surface area contributed by atoms with Gasteiger partial charge in [0.25, 0.3) is 0 Å². The molecule has 2 aliphatic rings. The number of aryl methyl sites for hydroxylation is 1. The van der Waals surface area contributed by atoms with E-state index in [1.54, 1.807) is 0 Å². The van der Waals surface area contributed by atoms with Crippen LogP contribution in [0.2, 0.25) is 0 Å². The Morgan fingerprint density at radius 3 is 1.78 bits per heavy atom. The van der Waals surface area contributed by atoms with Gasteiger partial charge in [-0.25, -0.2) is 0 Å². The summed E-state index contributed by atoms with van der Waals surface area (Å²) in [5, 5.41) is 0. The quantitative estimate of drug-likeness (QED) is 0.282. The predicted octanol–water partition coefficient (Wildman–Crippen LogP) is 9.41. The minimum atomic E-state index is 0.465. The molecule has 0 fully saturated rings. The first-order chi connectivity index (χ1) is 17.3. The van der Waals surface area contributed by atoms with E-state index in [1.807, 2.05) is 22.7 Å². The van der Waals surface area contributed by atoms with Crippen molar-refractivity contribution in [3.63, 3.8) is 0 Å². The van der Waals surface area contributed by atoms with Gasteiger partial charge >= 0.3 is 0 Å². The molecule has 0 spiro atoms. The van der Waals surface area contributed by atoms with Crippen molar-refractivity contribution in [2.75, 3.05) is 13.2 Å². The highest BCUT2D eigenvalue weighted by Crippen LogP contribution is 2.52. The zero-order valence-electron chi connectivity index (χ0n) is 22.2. The van der Waals surface area contributed by atoms with Gasteiger partial charge in [-0.2, -0.15) is 0 Å². The Labute approximate surface area is 224 Å². The van der Waals surface area contributed by atoms with Crippen LogP contribution in [0.3, 0.4) is 0 Å². The SMILES string of the molecule is C/C=C/c1ccc(C2=Cc3c(c(OCC(C)C)c4c(c3OCC(C)C)CC(c3ccc(C)s3)=C4)C2)s1. The molecule has 0 amide bonds. The highest BCUT2D eigenvalue weighted by molar-refractivity contribution is 7.14. The fourth-order valence-corrected chi connectivity index (χ4v) is 6.74. The molecule has 0 unspecified atom stereocenters.